The van der Waals surface area contributed by atoms with Crippen LogP contribution in [0.3, 0.4) is 0 Å². The SMILES string of the molecule is CCC[C@H](NS(=O)(=O)c1ccc(Cl)cc1)C(=S)N(Cc1ccc(C(=O)O)cc1)Cc1cccnc1. The van der Waals surface area contributed by atoms with E-state index in [2.05, 4.69) is 9.71 Å². The summed E-state index contributed by atoms with van der Waals surface area (Å²) < 4.78 is 28.9. The normalized spacial score (nSPS) is 12.2. The van der Waals surface area contributed by atoms with Crippen molar-refractivity contribution < 1.29 is 18.3 Å². The molecule has 1 atom stereocenters. The maximum absolute atomic E-state index is 13.1. The van der Waals surface area contributed by atoms with E-state index in [0.717, 1.165) is 11.1 Å². The highest BCUT2D eigenvalue weighted by Gasteiger charge is 2.26. The highest BCUT2D eigenvalue weighted by Crippen LogP contribution is 2.19. The number of hydrogen-bond acceptors (Lipinski definition) is 5. The summed E-state index contributed by atoms with van der Waals surface area (Å²) in [4.78, 5) is 17.8. The van der Waals surface area contributed by atoms with Gasteiger partial charge >= 0.3 is 5.97 Å². The van der Waals surface area contributed by atoms with Gasteiger partial charge in [0.25, 0.3) is 0 Å². The van der Waals surface area contributed by atoms with E-state index in [1.54, 1.807) is 24.5 Å². The molecule has 35 heavy (non-hydrogen) atoms. The van der Waals surface area contributed by atoms with Crippen molar-refractivity contribution in [1.82, 2.24) is 14.6 Å². The molecular formula is C25H26ClN3O4S2. The number of nitrogens with one attached hydrogen (secondary N) is 1. The van der Waals surface area contributed by atoms with E-state index in [1.807, 2.05) is 24.0 Å². The molecule has 7 nitrogen and oxygen atoms in total. The van der Waals surface area contributed by atoms with E-state index in [-0.39, 0.29) is 10.5 Å². The molecule has 0 aliphatic carbocycles. The second-order valence-electron chi connectivity index (χ2n) is 7.97. The Kier molecular flexibility index (Phi) is 9.33. The first kappa shape index (κ1) is 26.7. The Labute approximate surface area is 215 Å². The standard InChI is InChI=1S/C25H26ClN3O4S2/c1-2-4-23(28-35(32,33)22-12-10-21(26)11-13-22)24(34)29(17-19-5-3-14-27-15-19)16-18-6-8-20(9-7-18)25(30)31/h3,5-15,23,28H,2,4,16-17H2,1H3,(H,30,31)/t23-/m0/s1. The van der Waals surface area contributed by atoms with Gasteiger partial charge in [0.05, 0.1) is 21.5 Å². The average Bonchev–Trinajstić information content (AvgIpc) is 2.84. The molecule has 0 radical (unpaired) electrons. The van der Waals surface area contributed by atoms with Gasteiger partial charge in [-0.3, -0.25) is 4.98 Å². The van der Waals surface area contributed by atoms with Gasteiger partial charge < -0.3 is 10.0 Å². The van der Waals surface area contributed by atoms with Gasteiger partial charge in [0.15, 0.2) is 0 Å². The van der Waals surface area contributed by atoms with Gasteiger partial charge in [-0.25, -0.2) is 17.9 Å². The lowest BCUT2D eigenvalue weighted by atomic mass is 10.1. The van der Waals surface area contributed by atoms with Crippen molar-refractivity contribution in [3.63, 3.8) is 0 Å². The van der Waals surface area contributed by atoms with Crippen LogP contribution < -0.4 is 4.72 Å². The number of carbonyl (C=O) groups is 1. The maximum Gasteiger partial charge on any atom is 0.335 e. The average molecular weight is 532 g/mol. The predicted octanol–water partition coefficient (Wildman–Crippen LogP) is 4.91. The van der Waals surface area contributed by atoms with E-state index in [4.69, 9.17) is 23.8 Å². The molecule has 0 saturated heterocycles. The number of thiocarbonyl (C=S) groups is 1. The summed E-state index contributed by atoms with van der Waals surface area (Å²) in [5.74, 6) is -1.00. The van der Waals surface area contributed by atoms with Crippen molar-refractivity contribution in [2.75, 3.05) is 0 Å². The number of benzene rings is 2. The highest BCUT2D eigenvalue weighted by atomic mass is 35.5. The number of aromatic carboxylic acids is 1. The number of carboxylic acid groups (broad SMARTS) is 1. The Morgan fingerprint density at radius 2 is 1.74 bits per heavy atom. The van der Waals surface area contributed by atoms with Crippen LogP contribution in [0.5, 0.6) is 0 Å². The summed E-state index contributed by atoms with van der Waals surface area (Å²) in [5.41, 5.74) is 1.94. The van der Waals surface area contributed by atoms with Gasteiger partial charge in [0.1, 0.15) is 0 Å². The quantitative estimate of drug-likeness (QED) is 0.339. The summed E-state index contributed by atoms with van der Waals surface area (Å²) >= 11 is 11.7. The number of halogens is 1. The lowest BCUT2D eigenvalue weighted by Gasteiger charge is -2.31. The fourth-order valence-electron chi connectivity index (χ4n) is 3.51. The number of nitrogens with zero attached hydrogens (tertiary/aromatic N) is 2. The number of hydrogen-bond donors (Lipinski definition) is 2. The van der Waals surface area contributed by atoms with Crippen LogP contribution in [0, 0.1) is 0 Å². The Hall–Kier alpha value is -2.85. The van der Waals surface area contributed by atoms with E-state index in [1.165, 1.54) is 36.4 Å². The molecule has 3 aromatic rings. The van der Waals surface area contributed by atoms with Crippen molar-refractivity contribution in [1.29, 1.82) is 0 Å². The third-order valence-electron chi connectivity index (χ3n) is 5.28. The topological polar surface area (TPSA) is 99.6 Å². The molecule has 0 aliphatic heterocycles. The second kappa shape index (κ2) is 12.2. The zero-order chi connectivity index (χ0) is 25.4. The van der Waals surface area contributed by atoms with Gasteiger partial charge in [0, 0.05) is 30.5 Å². The first-order valence-electron chi connectivity index (χ1n) is 11.0. The van der Waals surface area contributed by atoms with Crippen LogP contribution in [0.15, 0.2) is 78.0 Å². The Balaban J connectivity index is 1.88. The van der Waals surface area contributed by atoms with Crippen LogP contribution in [-0.2, 0) is 23.1 Å². The predicted molar refractivity (Wildman–Crippen MR) is 140 cm³/mol. The summed E-state index contributed by atoms with van der Waals surface area (Å²) in [7, 11) is -3.84. The number of carboxylic acids is 1. The molecular weight excluding hydrogens is 506 g/mol. The van der Waals surface area contributed by atoms with Gasteiger partial charge in [-0.2, -0.15) is 0 Å². The second-order valence-corrected chi connectivity index (χ2v) is 10.5. The van der Waals surface area contributed by atoms with Crippen LogP contribution in [0.4, 0.5) is 0 Å². The van der Waals surface area contributed by atoms with Crippen molar-refractivity contribution in [2.45, 2.75) is 43.8 Å². The van der Waals surface area contributed by atoms with Gasteiger partial charge in [-0.05, 0) is 60.0 Å². The number of sulfonamides is 1. The zero-order valence-corrected chi connectivity index (χ0v) is 21.5. The molecule has 0 aliphatic rings. The Bertz CT molecular complexity index is 1250. The van der Waals surface area contributed by atoms with Crippen molar-refractivity contribution in [2.24, 2.45) is 0 Å². The van der Waals surface area contributed by atoms with E-state index >= 15 is 0 Å². The van der Waals surface area contributed by atoms with Crippen molar-refractivity contribution >= 4 is 44.8 Å². The lowest BCUT2D eigenvalue weighted by Crippen LogP contribution is -2.47. The molecule has 184 valence electrons. The fraction of sp³-hybridized carbons (Fsp3) is 0.240. The number of pyridine rings is 1. The Morgan fingerprint density at radius 1 is 1.09 bits per heavy atom. The zero-order valence-electron chi connectivity index (χ0n) is 19.1. The summed E-state index contributed by atoms with van der Waals surface area (Å²) in [6.07, 6.45) is 4.63. The lowest BCUT2D eigenvalue weighted by molar-refractivity contribution is 0.0697. The minimum Gasteiger partial charge on any atom is -0.478 e. The summed E-state index contributed by atoms with van der Waals surface area (Å²) in [6, 6.07) is 15.6. The molecule has 0 spiro atoms. The van der Waals surface area contributed by atoms with Crippen LogP contribution in [-0.4, -0.2) is 40.4 Å². The third-order valence-corrected chi connectivity index (χ3v) is 7.56. The van der Waals surface area contributed by atoms with Crippen LogP contribution in [0.2, 0.25) is 5.02 Å². The molecule has 0 unspecified atom stereocenters. The van der Waals surface area contributed by atoms with Gasteiger partial charge in [0.2, 0.25) is 10.0 Å². The molecule has 3 rings (SSSR count). The molecule has 1 aromatic heterocycles. The van der Waals surface area contributed by atoms with Crippen LogP contribution >= 0.6 is 23.8 Å². The first-order valence-corrected chi connectivity index (χ1v) is 13.2. The molecule has 2 N–H and O–H groups in total. The summed E-state index contributed by atoms with van der Waals surface area (Å²) in [5, 5.41) is 9.62. The maximum atomic E-state index is 13.1. The minimum atomic E-state index is -3.84. The fourth-order valence-corrected chi connectivity index (χ4v) is 5.25. The van der Waals surface area contributed by atoms with Gasteiger partial charge in [-0.15, -0.1) is 0 Å². The smallest absolute Gasteiger partial charge is 0.335 e. The van der Waals surface area contributed by atoms with Crippen LogP contribution in [0.25, 0.3) is 0 Å². The molecule has 1 heterocycles. The highest BCUT2D eigenvalue weighted by molar-refractivity contribution is 7.89. The van der Waals surface area contributed by atoms with Crippen molar-refractivity contribution in [3.05, 3.63) is 94.8 Å². The third kappa shape index (κ3) is 7.57. The molecule has 10 heteroatoms. The number of rotatable bonds is 11. The van der Waals surface area contributed by atoms with E-state index < -0.39 is 22.0 Å². The molecule has 0 bridgehead atoms. The minimum absolute atomic E-state index is 0.105. The largest absolute Gasteiger partial charge is 0.478 e. The van der Waals surface area contributed by atoms with E-state index in [0.29, 0.717) is 35.9 Å². The first-order chi connectivity index (χ1) is 16.7. The van der Waals surface area contributed by atoms with Gasteiger partial charge in [-0.1, -0.05) is 55.4 Å². The molecule has 0 amide bonds. The van der Waals surface area contributed by atoms with Crippen molar-refractivity contribution in [3.8, 4) is 0 Å². The van der Waals surface area contributed by atoms with E-state index in [9.17, 15) is 18.3 Å². The number of aromatic nitrogens is 1. The monoisotopic (exact) mass is 531 g/mol. The summed E-state index contributed by atoms with van der Waals surface area (Å²) in [6.45, 7) is 2.75. The molecule has 0 fully saturated rings. The molecule has 0 saturated carbocycles. The van der Waals surface area contributed by atoms with Crippen LogP contribution in [0.1, 0.15) is 41.3 Å². The molecule has 2 aromatic carbocycles. The Morgan fingerprint density at radius 3 is 2.31 bits per heavy atom.